The monoisotopic (exact) mass is 405 g/mol. The van der Waals surface area contributed by atoms with Gasteiger partial charge in [0.05, 0.1) is 41.9 Å². The van der Waals surface area contributed by atoms with Crippen molar-refractivity contribution in [3.05, 3.63) is 65.5 Å². The van der Waals surface area contributed by atoms with Gasteiger partial charge in [-0.05, 0) is 30.2 Å². The van der Waals surface area contributed by atoms with Crippen molar-refractivity contribution in [3.63, 3.8) is 0 Å². The third-order valence-electron chi connectivity index (χ3n) is 5.39. The summed E-state index contributed by atoms with van der Waals surface area (Å²) in [6, 6.07) is 13.8. The molecule has 146 valence electrons. The van der Waals surface area contributed by atoms with Crippen LogP contribution >= 0.6 is 11.3 Å². The Hall–Kier alpha value is -3.19. The van der Waals surface area contributed by atoms with Gasteiger partial charge in [-0.2, -0.15) is 5.10 Å². The maximum absolute atomic E-state index is 12.9. The lowest BCUT2D eigenvalue weighted by molar-refractivity contribution is 0.0963. The summed E-state index contributed by atoms with van der Waals surface area (Å²) in [6.07, 6.45) is 2.80. The Morgan fingerprint density at radius 2 is 1.97 bits per heavy atom. The number of Topliss-reactive ketones (excluding diaryl/α,β-unsaturated/α-hetero) is 1. The lowest BCUT2D eigenvalue weighted by atomic mass is 9.82. The molecule has 29 heavy (non-hydrogen) atoms. The van der Waals surface area contributed by atoms with Crippen LogP contribution < -0.4 is 9.47 Å². The van der Waals surface area contributed by atoms with Crippen molar-refractivity contribution in [1.29, 1.82) is 0 Å². The number of ether oxygens (including phenoxy) is 2. The molecule has 1 aliphatic rings. The summed E-state index contributed by atoms with van der Waals surface area (Å²) in [4.78, 5) is 17.6. The molecule has 0 aliphatic heterocycles. The molecule has 1 unspecified atom stereocenters. The van der Waals surface area contributed by atoms with Gasteiger partial charge in [0.1, 0.15) is 11.5 Å². The summed E-state index contributed by atoms with van der Waals surface area (Å²) >= 11 is 1.58. The van der Waals surface area contributed by atoms with Gasteiger partial charge in [-0.15, -0.1) is 0 Å². The zero-order valence-electron chi connectivity index (χ0n) is 16.1. The van der Waals surface area contributed by atoms with Gasteiger partial charge in [0.15, 0.2) is 5.78 Å². The number of ketones is 1. The number of nitrogens with zero attached hydrogens (tertiary/aromatic N) is 3. The van der Waals surface area contributed by atoms with E-state index in [4.69, 9.17) is 14.5 Å². The molecule has 0 fully saturated rings. The predicted molar refractivity (Wildman–Crippen MR) is 112 cm³/mol. The Bertz CT molecular complexity index is 1190. The van der Waals surface area contributed by atoms with E-state index in [1.165, 1.54) is 0 Å². The SMILES string of the molecule is COc1ccc(C2CC(=O)c3cnn(-c4nc5ccccc5s4)c3C2)c(OC)c1. The molecule has 2 aromatic carbocycles. The van der Waals surface area contributed by atoms with E-state index in [0.29, 0.717) is 18.4 Å². The summed E-state index contributed by atoms with van der Waals surface area (Å²) in [7, 11) is 3.27. The van der Waals surface area contributed by atoms with Crippen LogP contribution in [0.3, 0.4) is 0 Å². The fourth-order valence-electron chi connectivity index (χ4n) is 3.93. The van der Waals surface area contributed by atoms with Crippen molar-refractivity contribution in [2.24, 2.45) is 0 Å². The zero-order chi connectivity index (χ0) is 20.0. The molecule has 0 saturated heterocycles. The van der Waals surface area contributed by atoms with E-state index in [9.17, 15) is 4.79 Å². The van der Waals surface area contributed by atoms with Gasteiger partial charge in [0.2, 0.25) is 5.13 Å². The molecule has 0 bridgehead atoms. The van der Waals surface area contributed by atoms with Gasteiger partial charge < -0.3 is 9.47 Å². The van der Waals surface area contributed by atoms with Gasteiger partial charge in [0.25, 0.3) is 0 Å². The van der Waals surface area contributed by atoms with E-state index >= 15 is 0 Å². The van der Waals surface area contributed by atoms with Crippen molar-refractivity contribution in [3.8, 4) is 16.6 Å². The van der Waals surface area contributed by atoms with Crippen LogP contribution in [0.25, 0.3) is 15.3 Å². The number of carbonyl (C=O) groups excluding carboxylic acids is 1. The minimum Gasteiger partial charge on any atom is -0.497 e. The molecule has 0 radical (unpaired) electrons. The van der Waals surface area contributed by atoms with Crippen molar-refractivity contribution < 1.29 is 14.3 Å². The van der Waals surface area contributed by atoms with Crippen molar-refractivity contribution in [2.45, 2.75) is 18.8 Å². The fraction of sp³-hybridized carbons (Fsp3) is 0.227. The smallest absolute Gasteiger partial charge is 0.211 e. The number of hydrogen-bond donors (Lipinski definition) is 0. The molecule has 0 amide bonds. The number of thiazole rings is 1. The summed E-state index contributed by atoms with van der Waals surface area (Å²) in [5, 5.41) is 5.28. The number of benzene rings is 2. The second-order valence-corrected chi connectivity index (χ2v) is 8.03. The summed E-state index contributed by atoms with van der Waals surface area (Å²) in [5.41, 5.74) is 3.53. The van der Waals surface area contributed by atoms with Crippen molar-refractivity contribution in [1.82, 2.24) is 14.8 Å². The van der Waals surface area contributed by atoms with E-state index in [-0.39, 0.29) is 11.7 Å². The average molecular weight is 405 g/mol. The summed E-state index contributed by atoms with van der Waals surface area (Å²) in [5.74, 6) is 1.58. The molecule has 2 aromatic heterocycles. The Morgan fingerprint density at radius 3 is 2.76 bits per heavy atom. The molecule has 1 aliphatic carbocycles. The number of para-hydroxylation sites is 1. The third kappa shape index (κ3) is 2.98. The molecule has 4 aromatic rings. The highest BCUT2D eigenvalue weighted by atomic mass is 32.1. The second kappa shape index (κ2) is 7.00. The highest BCUT2D eigenvalue weighted by molar-refractivity contribution is 7.20. The van der Waals surface area contributed by atoms with Gasteiger partial charge in [-0.3, -0.25) is 4.79 Å². The Balaban J connectivity index is 1.56. The third-order valence-corrected chi connectivity index (χ3v) is 6.40. The second-order valence-electron chi connectivity index (χ2n) is 7.02. The van der Waals surface area contributed by atoms with Crippen LogP contribution in [0.1, 0.15) is 34.0 Å². The molecule has 0 N–H and O–H groups in total. The maximum Gasteiger partial charge on any atom is 0.211 e. The first-order valence-corrected chi connectivity index (χ1v) is 10.2. The van der Waals surface area contributed by atoms with E-state index in [2.05, 4.69) is 5.10 Å². The number of fused-ring (bicyclic) bond motifs is 2. The normalized spacial score (nSPS) is 16.1. The number of methoxy groups -OCH3 is 2. The molecule has 6 nitrogen and oxygen atoms in total. The van der Waals surface area contributed by atoms with E-state index in [0.717, 1.165) is 38.1 Å². The van der Waals surface area contributed by atoms with Gasteiger partial charge >= 0.3 is 0 Å². The first-order valence-electron chi connectivity index (χ1n) is 9.36. The number of carbonyl (C=O) groups is 1. The maximum atomic E-state index is 12.9. The minimum atomic E-state index is 0.0145. The van der Waals surface area contributed by atoms with Gasteiger partial charge in [0, 0.05) is 18.4 Å². The van der Waals surface area contributed by atoms with E-state index in [1.54, 1.807) is 31.8 Å². The molecule has 5 rings (SSSR count). The first kappa shape index (κ1) is 17.9. The zero-order valence-corrected chi connectivity index (χ0v) is 16.9. The van der Waals surface area contributed by atoms with Gasteiger partial charge in [-0.1, -0.05) is 29.5 Å². The average Bonchev–Trinajstić information content (AvgIpc) is 3.37. The van der Waals surface area contributed by atoms with Crippen LogP contribution in [0.15, 0.2) is 48.7 Å². The Kier molecular flexibility index (Phi) is 4.32. The number of rotatable bonds is 4. The number of aromatic nitrogens is 3. The minimum absolute atomic E-state index is 0.0145. The molecule has 0 spiro atoms. The lowest BCUT2D eigenvalue weighted by Gasteiger charge is -2.24. The molecular formula is C22H19N3O3S. The first-order chi connectivity index (χ1) is 14.2. The van der Waals surface area contributed by atoms with Crippen LogP contribution in [-0.4, -0.2) is 34.8 Å². The summed E-state index contributed by atoms with van der Waals surface area (Å²) in [6.45, 7) is 0. The molecule has 7 heteroatoms. The Labute approximate surface area is 171 Å². The fourth-order valence-corrected chi connectivity index (χ4v) is 4.88. The van der Waals surface area contributed by atoms with Crippen LogP contribution in [0, 0.1) is 0 Å². The lowest BCUT2D eigenvalue weighted by Crippen LogP contribution is -2.20. The van der Waals surface area contributed by atoms with Gasteiger partial charge in [-0.25, -0.2) is 9.67 Å². The van der Waals surface area contributed by atoms with Crippen LogP contribution in [0.2, 0.25) is 0 Å². The topological polar surface area (TPSA) is 66.2 Å². The van der Waals surface area contributed by atoms with Crippen LogP contribution in [0.4, 0.5) is 0 Å². The van der Waals surface area contributed by atoms with Crippen molar-refractivity contribution in [2.75, 3.05) is 14.2 Å². The summed E-state index contributed by atoms with van der Waals surface area (Å²) < 4.78 is 13.8. The quantitative estimate of drug-likeness (QED) is 0.503. The molecular weight excluding hydrogens is 386 g/mol. The predicted octanol–water partition coefficient (Wildman–Crippen LogP) is 4.41. The van der Waals surface area contributed by atoms with Crippen LogP contribution in [-0.2, 0) is 6.42 Å². The molecule has 0 saturated carbocycles. The van der Waals surface area contributed by atoms with E-state index in [1.807, 2.05) is 47.1 Å². The van der Waals surface area contributed by atoms with E-state index < -0.39 is 0 Å². The molecule has 1 atom stereocenters. The number of hydrogen-bond acceptors (Lipinski definition) is 6. The molecule has 2 heterocycles. The standard InChI is InChI=1S/C22H19N3O3S/c1-27-14-7-8-15(20(11-14)28-2)13-9-18-16(19(26)10-13)12-23-25(18)22-24-17-5-3-4-6-21(17)29-22/h3-8,11-13H,9-10H2,1-2H3. The highest BCUT2D eigenvalue weighted by Gasteiger charge is 2.32. The van der Waals surface area contributed by atoms with Crippen molar-refractivity contribution >= 4 is 27.3 Å². The largest absolute Gasteiger partial charge is 0.497 e. The van der Waals surface area contributed by atoms with Crippen LogP contribution in [0.5, 0.6) is 11.5 Å². The highest BCUT2D eigenvalue weighted by Crippen LogP contribution is 2.39. The Morgan fingerprint density at radius 1 is 1.10 bits per heavy atom.